The van der Waals surface area contributed by atoms with Crippen molar-refractivity contribution >= 4 is 5.91 Å². The minimum Gasteiger partial charge on any atom is -0.349 e. The van der Waals surface area contributed by atoms with Crippen molar-refractivity contribution in [2.24, 2.45) is 7.05 Å². The van der Waals surface area contributed by atoms with Gasteiger partial charge in [-0.05, 0) is 60.4 Å². The van der Waals surface area contributed by atoms with E-state index in [9.17, 15) is 4.79 Å². The Morgan fingerprint density at radius 3 is 2.57 bits per heavy atom. The minimum absolute atomic E-state index is 0.0129. The van der Waals surface area contributed by atoms with Crippen molar-refractivity contribution in [1.29, 1.82) is 0 Å². The van der Waals surface area contributed by atoms with Crippen molar-refractivity contribution in [2.75, 3.05) is 6.54 Å². The highest BCUT2D eigenvalue weighted by atomic mass is 16.2. The second kappa shape index (κ2) is 7.34. The van der Waals surface area contributed by atoms with Crippen LogP contribution < -0.4 is 0 Å². The van der Waals surface area contributed by atoms with E-state index in [0.29, 0.717) is 18.8 Å². The Morgan fingerprint density at radius 2 is 1.80 bits per heavy atom. The molecular formula is C25H24N4O. The van der Waals surface area contributed by atoms with E-state index >= 15 is 0 Å². The lowest BCUT2D eigenvalue weighted by Crippen LogP contribution is -2.37. The van der Waals surface area contributed by atoms with Gasteiger partial charge in [0.25, 0.3) is 5.91 Å². The van der Waals surface area contributed by atoms with Crippen LogP contribution >= 0.6 is 0 Å². The summed E-state index contributed by atoms with van der Waals surface area (Å²) in [5.74, 6) is 0.0129. The first kappa shape index (κ1) is 18.4. The van der Waals surface area contributed by atoms with Crippen LogP contribution in [0.5, 0.6) is 0 Å². The second-order valence-electron chi connectivity index (χ2n) is 7.92. The molecule has 0 N–H and O–H groups in total. The molecule has 2 aromatic carbocycles. The van der Waals surface area contributed by atoms with Crippen LogP contribution in [0, 0.1) is 6.92 Å². The van der Waals surface area contributed by atoms with E-state index in [4.69, 9.17) is 5.10 Å². The third kappa shape index (κ3) is 3.22. The summed E-state index contributed by atoms with van der Waals surface area (Å²) in [7, 11) is 1.99. The van der Waals surface area contributed by atoms with E-state index < -0.39 is 0 Å². The Kier molecular flexibility index (Phi) is 4.51. The maximum absolute atomic E-state index is 13.6. The fourth-order valence-corrected chi connectivity index (χ4v) is 4.17. The number of hydrogen-bond donors (Lipinski definition) is 0. The molecule has 5 rings (SSSR count). The largest absolute Gasteiger partial charge is 0.349 e. The molecule has 1 aliphatic rings. The van der Waals surface area contributed by atoms with Crippen LogP contribution in [0.2, 0.25) is 0 Å². The van der Waals surface area contributed by atoms with Crippen LogP contribution in [0.1, 0.15) is 27.2 Å². The molecule has 0 saturated carbocycles. The number of fused-ring (bicyclic) bond motifs is 1. The zero-order valence-corrected chi connectivity index (χ0v) is 17.2. The van der Waals surface area contributed by atoms with E-state index in [1.807, 2.05) is 72.1 Å². The van der Waals surface area contributed by atoms with Gasteiger partial charge in [-0.2, -0.15) is 5.10 Å². The van der Waals surface area contributed by atoms with Gasteiger partial charge in [0, 0.05) is 26.3 Å². The van der Waals surface area contributed by atoms with Gasteiger partial charge in [-0.3, -0.25) is 4.79 Å². The molecule has 0 saturated heterocycles. The summed E-state index contributed by atoms with van der Waals surface area (Å²) in [5.41, 5.74) is 6.96. The minimum atomic E-state index is 0.0129. The molecule has 5 nitrogen and oxygen atoms in total. The third-order valence-electron chi connectivity index (χ3n) is 5.80. The number of carbonyl (C=O) groups is 1. The molecule has 1 amide bonds. The van der Waals surface area contributed by atoms with Crippen molar-refractivity contribution < 1.29 is 4.79 Å². The normalized spacial score (nSPS) is 13.3. The average molecular weight is 396 g/mol. The first-order chi connectivity index (χ1) is 14.6. The highest BCUT2D eigenvalue weighted by Gasteiger charge is 2.26. The first-order valence-corrected chi connectivity index (χ1v) is 10.2. The van der Waals surface area contributed by atoms with E-state index in [-0.39, 0.29) is 5.91 Å². The molecule has 1 aliphatic heterocycles. The highest BCUT2D eigenvalue weighted by Crippen LogP contribution is 2.25. The second-order valence-corrected chi connectivity index (χ2v) is 7.92. The molecule has 5 heteroatoms. The lowest BCUT2D eigenvalue weighted by atomic mass is 10.00. The van der Waals surface area contributed by atoms with Gasteiger partial charge in [-0.1, -0.05) is 36.4 Å². The molecular weight excluding hydrogens is 372 g/mol. The van der Waals surface area contributed by atoms with Crippen LogP contribution in [-0.2, 0) is 20.0 Å². The molecule has 3 heterocycles. The molecule has 150 valence electrons. The Labute approximate surface area is 176 Å². The van der Waals surface area contributed by atoms with Gasteiger partial charge < -0.3 is 9.47 Å². The van der Waals surface area contributed by atoms with Gasteiger partial charge in [0.05, 0.1) is 11.4 Å². The van der Waals surface area contributed by atoms with Crippen molar-refractivity contribution in [1.82, 2.24) is 19.2 Å². The predicted molar refractivity (Wildman–Crippen MR) is 118 cm³/mol. The van der Waals surface area contributed by atoms with Crippen LogP contribution in [0.3, 0.4) is 0 Å². The Morgan fingerprint density at radius 1 is 0.967 bits per heavy atom. The molecule has 4 aromatic rings. The maximum atomic E-state index is 13.6. The fourth-order valence-electron chi connectivity index (χ4n) is 4.17. The van der Waals surface area contributed by atoms with Gasteiger partial charge in [0.15, 0.2) is 0 Å². The summed E-state index contributed by atoms with van der Waals surface area (Å²) in [4.78, 5) is 15.5. The smallest absolute Gasteiger partial charge is 0.272 e. The monoisotopic (exact) mass is 396 g/mol. The van der Waals surface area contributed by atoms with Crippen LogP contribution in [0.25, 0.3) is 17.1 Å². The van der Waals surface area contributed by atoms with E-state index in [1.165, 1.54) is 11.1 Å². The molecule has 2 aromatic heterocycles. The Bertz CT molecular complexity index is 1230. The molecule has 0 bridgehead atoms. The topological polar surface area (TPSA) is 43.1 Å². The van der Waals surface area contributed by atoms with Gasteiger partial charge in [-0.15, -0.1) is 0 Å². The SMILES string of the molecule is Cc1cccc(-n2nc(-c3cccn3C)cc2C(=O)N2CCc3ccccc3C2)c1. The number of aromatic nitrogens is 3. The number of nitrogens with zero attached hydrogens (tertiary/aromatic N) is 4. The summed E-state index contributed by atoms with van der Waals surface area (Å²) < 4.78 is 3.81. The molecule has 30 heavy (non-hydrogen) atoms. The fraction of sp³-hybridized carbons (Fsp3) is 0.200. The van der Waals surface area contributed by atoms with Gasteiger partial charge >= 0.3 is 0 Å². The number of rotatable bonds is 3. The molecule has 0 fully saturated rings. The standard InChI is InChI=1S/C25H24N4O/c1-18-7-5-10-21(15-18)29-24(16-22(26-29)23-11-6-13-27(23)2)25(30)28-14-12-19-8-3-4-9-20(19)17-28/h3-11,13,15-16H,12,14,17H2,1-2H3. The maximum Gasteiger partial charge on any atom is 0.272 e. The molecule has 0 unspecified atom stereocenters. The summed E-state index contributed by atoms with van der Waals surface area (Å²) >= 11 is 0. The zero-order valence-electron chi connectivity index (χ0n) is 17.2. The predicted octanol–water partition coefficient (Wildman–Crippen LogP) is 4.38. The van der Waals surface area contributed by atoms with Gasteiger partial charge in [0.1, 0.15) is 11.4 Å². The lowest BCUT2D eigenvalue weighted by Gasteiger charge is -2.29. The number of amides is 1. The number of aryl methyl sites for hydroxylation is 2. The zero-order chi connectivity index (χ0) is 20.7. The number of benzene rings is 2. The van der Waals surface area contributed by atoms with Crippen LogP contribution in [0.15, 0.2) is 72.9 Å². The Hall–Kier alpha value is -3.60. The summed E-state index contributed by atoms with van der Waals surface area (Å²) in [6.45, 7) is 3.40. The van der Waals surface area contributed by atoms with Crippen molar-refractivity contribution in [3.8, 4) is 17.1 Å². The van der Waals surface area contributed by atoms with E-state index in [2.05, 4.69) is 24.3 Å². The molecule has 0 radical (unpaired) electrons. The summed E-state index contributed by atoms with van der Waals surface area (Å²) in [6.07, 6.45) is 2.87. The van der Waals surface area contributed by atoms with Crippen LogP contribution in [0.4, 0.5) is 0 Å². The van der Waals surface area contributed by atoms with Gasteiger partial charge in [-0.25, -0.2) is 4.68 Å². The quantitative estimate of drug-likeness (QED) is 0.516. The van der Waals surface area contributed by atoms with Crippen molar-refractivity contribution in [2.45, 2.75) is 19.9 Å². The van der Waals surface area contributed by atoms with Crippen molar-refractivity contribution in [3.05, 3.63) is 95.3 Å². The van der Waals surface area contributed by atoms with Crippen molar-refractivity contribution in [3.63, 3.8) is 0 Å². The average Bonchev–Trinajstić information content (AvgIpc) is 3.39. The number of hydrogen-bond acceptors (Lipinski definition) is 2. The van der Waals surface area contributed by atoms with E-state index in [1.54, 1.807) is 4.68 Å². The number of carbonyl (C=O) groups excluding carboxylic acids is 1. The summed E-state index contributed by atoms with van der Waals surface area (Å²) in [6, 6.07) is 22.4. The molecule has 0 aliphatic carbocycles. The molecule has 0 spiro atoms. The van der Waals surface area contributed by atoms with Crippen LogP contribution in [-0.4, -0.2) is 31.7 Å². The lowest BCUT2D eigenvalue weighted by molar-refractivity contribution is 0.0725. The molecule has 0 atom stereocenters. The highest BCUT2D eigenvalue weighted by molar-refractivity contribution is 5.94. The van der Waals surface area contributed by atoms with E-state index in [0.717, 1.165) is 29.1 Å². The van der Waals surface area contributed by atoms with Gasteiger partial charge in [0.2, 0.25) is 0 Å². The first-order valence-electron chi connectivity index (χ1n) is 10.2. The Balaban J connectivity index is 1.57. The summed E-state index contributed by atoms with van der Waals surface area (Å²) in [5, 5.41) is 4.83. The third-order valence-corrected chi connectivity index (χ3v) is 5.80.